The molecule has 0 atom stereocenters. The highest BCUT2D eigenvalue weighted by Gasteiger charge is 2.28. The van der Waals surface area contributed by atoms with Crippen molar-refractivity contribution in [3.05, 3.63) is 17.0 Å². The number of morpholine rings is 1. The van der Waals surface area contributed by atoms with Gasteiger partial charge in [-0.05, 0) is 25.0 Å². The summed E-state index contributed by atoms with van der Waals surface area (Å²) >= 11 is 0.939. The smallest absolute Gasteiger partial charge is 0.264 e. The van der Waals surface area contributed by atoms with E-state index in [0.717, 1.165) is 41.3 Å². The first kappa shape index (κ1) is 21.2. The molecule has 156 valence electrons. The van der Waals surface area contributed by atoms with E-state index in [9.17, 15) is 18.0 Å². The average molecular weight is 430 g/mol. The summed E-state index contributed by atoms with van der Waals surface area (Å²) in [5, 5.41) is 2.93. The fourth-order valence-electron chi connectivity index (χ4n) is 3.46. The fourth-order valence-corrected chi connectivity index (χ4v) is 6.07. The number of likely N-dealkylation sites (N-methyl/N-ethyl adjacent to an activating group) is 1. The van der Waals surface area contributed by atoms with Crippen molar-refractivity contribution >= 4 is 33.2 Å². The summed E-state index contributed by atoms with van der Waals surface area (Å²) in [5.74, 6) is -0.480. The molecule has 2 fully saturated rings. The van der Waals surface area contributed by atoms with Gasteiger partial charge in [0.1, 0.15) is 4.21 Å². The van der Waals surface area contributed by atoms with Crippen LogP contribution in [0.2, 0.25) is 0 Å². The fraction of sp³-hybridized carbons (Fsp3) is 0.667. The van der Waals surface area contributed by atoms with E-state index in [1.54, 1.807) is 4.90 Å². The second-order valence-electron chi connectivity index (χ2n) is 7.19. The van der Waals surface area contributed by atoms with Crippen LogP contribution in [0, 0.1) is 0 Å². The van der Waals surface area contributed by atoms with Gasteiger partial charge in [0.25, 0.3) is 15.9 Å². The molecule has 0 aromatic carbocycles. The molecule has 28 heavy (non-hydrogen) atoms. The number of hydrogen-bond acceptors (Lipinski definition) is 6. The molecule has 0 radical (unpaired) electrons. The standard InChI is InChI=1S/C18H27N3O5S2/c1-20(13-16(22)19-14-5-3-2-4-6-14)28(24,25)17-8-7-15(27-17)18(23)21-9-11-26-12-10-21/h7-8,14H,2-6,9-13H2,1H3,(H,19,22). The van der Waals surface area contributed by atoms with E-state index in [1.807, 2.05) is 0 Å². The molecule has 3 rings (SSSR count). The predicted molar refractivity (Wildman–Crippen MR) is 106 cm³/mol. The molecular weight excluding hydrogens is 402 g/mol. The van der Waals surface area contributed by atoms with Gasteiger partial charge >= 0.3 is 0 Å². The molecule has 0 bridgehead atoms. The van der Waals surface area contributed by atoms with Gasteiger partial charge in [-0.3, -0.25) is 9.59 Å². The van der Waals surface area contributed by atoms with Gasteiger partial charge in [0.2, 0.25) is 5.91 Å². The topological polar surface area (TPSA) is 96.0 Å². The van der Waals surface area contributed by atoms with E-state index in [-0.39, 0.29) is 28.6 Å². The predicted octanol–water partition coefficient (Wildman–Crippen LogP) is 1.29. The van der Waals surface area contributed by atoms with Crippen molar-refractivity contribution in [3.63, 3.8) is 0 Å². The van der Waals surface area contributed by atoms with Gasteiger partial charge in [0.05, 0.1) is 24.6 Å². The van der Waals surface area contributed by atoms with E-state index < -0.39 is 10.0 Å². The van der Waals surface area contributed by atoms with Crippen molar-refractivity contribution in [2.24, 2.45) is 0 Å². The largest absolute Gasteiger partial charge is 0.378 e. The third kappa shape index (κ3) is 5.11. The zero-order chi connectivity index (χ0) is 20.1. The average Bonchev–Trinajstić information content (AvgIpc) is 3.19. The Labute approximate surface area is 169 Å². The third-order valence-electron chi connectivity index (χ3n) is 5.09. The maximum Gasteiger partial charge on any atom is 0.264 e. The zero-order valence-corrected chi connectivity index (χ0v) is 17.7. The summed E-state index contributed by atoms with van der Waals surface area (Å²) in [7, 11) is -2.43. The molecule has 10 heteroatoms. The Morgan fingerprint density at radius 1 is 1.21 bits per heavy atom. The highest BCUT2D eigenvalue weighted by molar-refractivity contribution is 7.91. The zero-order valence-electron chi connectivity index (χ0n) is 16.1. The van der Waals surface area contributed by atoms with Crippen molar-refractivity contribution < 1.29 is 22.7 Å². The van der Waals surface area contributed by atoms with Crippen LogP contribution in [0.3, 0.4) is 0 Å². The van der Waals surface area contributed by atoms with Crippen LogP contribution in [0.4, 0.5) is 0 Å². The van der Waals surface area contributed by atoms with Gasteiger partial charge in [-0.15, -0.1) is 11.3 Å². The quantitative estimate of drug-likeness (QED) is 0.735. The summed E-state index contributed by atoms with van der Waals surface area (Å²) in [4.78, 5) is 26.8. The molecule has 8 nitrogen and oxygen atoms in total. The van der Waals surface area contributed by atoms with Crippen molar-refractivity contribution in [2.75, 3.05) is 39.9 Å². The van der Waals surface area contributed by atoms with E-state index in [2.05, 4.69) is 5.32 Å². The summed E-state index contributed by atoms with van der Waals surface area (Å²) in [6.45, 7) is 1.74. The van der Waals surface area contributed by atoms with Crippen LogP contribution < -0.4 is 5.32 Å². The molecule has 1 aromatic heterocycles. The number of hydrogen-bond donors (Lipinski definition) is 1. The second-order valence-corrected chi connectivity index (χ2v) is 10.5. The van der Waals surface area contributed by atoms with E-state index in [0.29, 0.717) is 31.2 Å². The number of sulfonamides is 1. The Morgan fingerprint density at radius 2 is 1.89 bits per heavy atom. The number of nitrogens with zero attached hydrogens (tertiary/aromatic N) is 2. The maximum atomic E-state index is 12.8. The third-order valence-corrected chi connectivity index (χ3v) is 8.44. The number of amides is 2. The van der Waals surface area contributed by atoms with Gasteiger partial charge in [-0.25, -0.2) is 8.42 Å². The number of carbonyl (C=O) groups excluding carboxylic acids is 2. The minimum absolute atomic E-state index is 0.0667. The SMILES string of the molecule is CN(CC(=O)NC1CCCCC1)S(=O)(=O)c1ccc(C(=O)N2CCOCC2)s1. The highest BCUT2D eigenvalue weighted by Crippen LogP contribution is 2.25. The number of carbonyl (C=O) groups is 2. The highest BCUT2D eigenvalue weighted by atomic mass is 32.2. The molecule has 0 unspecified atom stereocenters. The van der Waals surface area contributed by atoms with E-state index >= 15 is 0 Å². The van der Waals surface area contributed by atoms with Crippen molar-refractivity contribution in [2.45, 2.75) is 42.4 Å². The molecule has 2 heterocycles. The van der Waals surface area contributed by atoms with E-state index in [4.69, 9.17) is 4.74 Å². The molecule has 0 spiro atoms. The lowest BCUT2D eigenvalue weighted by atomic mass is 9.95. The van der Waals surface area contributed by atoms with Gasteiger partial charge in [0.15, 0.2) is 0 Å². The molecule has 2 aliphatic rings. The van der Waals surface area contributed by atoms with Gasteiger partial charge in [0, 0.05) is 26.2 Å². The van der Waals surface area contributed by atoms with Crippen LogP contribution in [-0.4, -0.2) is 75.4 Å². The lowest BCUT2D eigenvalue weighted by Gasteiger charge is -2.26. The Balaban J connectivity index is 1.60. The normalized spacial score (nSPS) is 19.0. The Hall–Kier alpha value is -1.49. The van der Waals surface area contributed by atoms with Crippen LogP contribution in [0.25, 0.3) is 0 Å². The Kier molecular flexibility index (Phi) is 7.08. The number of thiophene rings is 1. The van der Waals surface area contributed by atoms with Crippen molar-refractivity contribution in [3.8, 4) is 0 Å². The van der Waals surface area contributed by atoms with Gasteiger partial charge in [-0.1, -0.05) is 19.3 Å². The molecule has 1 N–H and O–H groups in total. The minimum Gasteiger partial charge on any atom is -0.378 e. The molecule has 1 aromatic rings. The first-order chi connectivity index (χ1) is 13.4. The molecule has 1 saturated carbocycles. The first-order valence-corrected chi connectivity index (χ1v) is 11.9. The Bertz CT molecular complexity index is 796. The van der Waals surface area contributed by atoms with E-state index in [1.165, 1.54) is 25.6 Å². The number of nitrogens with one attached hydrogen (secondary N) is 1. The molecular formula is C18H27N3O5S2. The molecule has 1 saturated heterocycles. The van der Waals surface area contributed by atoms with Gasteiger partial charge in [-0.2, -0.15) is 4.31 Å². The molecule has 2 amide bonds. The van der Waals surface area contributed by atoms with Crippen molar-refractivity contribution in [1.29, 1.82) is 0 Å². The summed E-state index contributed by atoms with van der Waals surface area (Å²) < 4.78 is 31.9. The number of rotatable bonds is 6. The summed E-state index contributed by atoms with van der Waals surface area (Å²) in [6, 6.07) is 3.10. The van der Waals surface area contributed by atoms with Crippen LogP contribution in [0.15, 0.2) is 16.3 Å². The van der Waals surface area contributed by atoms with Crippen molar-refractivity contribution in [1.82, 2.24) is 14.5 Å². The van der Waals surface area contributed by atoms with Crippen LogP contribution in [-0.2, 0) is 19.6 Å². The molecule has 1 aliphatic heterocycles. The maximum absolute atomic E-state index is 12.8. The van der Waals surface area contributed by atoms with Crippen LogP contribution in [0.5, 0.6) is 0 Å². The lowest BCUT2D eigenvalue weighted by molar-refractivity contribution is -0.122. The van der Waals surface area contributed by atoms with Gasteiger partial charge < -0.3 is 15.0 Å². The second kappa shape index (κ2) is 9.34. The summed E-state index contributed by atoms with van der Waals surface area (Å²) in [5.41, 5.74) is 0. The van der Waals surface area contributed by atoms with Crippen LogP contribution >= 0.6 is 11.3 Å². The molecule has 1 aliphatic carbocycles. The first-order valence-electron chi connectivity index (χ1n) is 9.60. The Morgan fingerprint density at radius 3 is 2.57 bits per heavy atom. The van der Waals surface area contributed by atoms with Crippen LogP contribution in [0.1, 0.15) is 41.8 Å². The number of ether oxygens (including phenoxy) is 1. The lowest BCUT2D eigenvalue weighted by Crippen LogP contribution is -2.43. The summed E-state index contributed by atoms with van der Waals surface area (Å²) in [6.07, 6.45) is 5.26. The monoisotopic (exact) mass is 429 g/mol. The minimum atomic E-state index is -3.82.